The first-order chi connectivity index (χ1) is 11.6. The molecule has 1 amide bonds. The highest BCUT2D eigenvalue weighted by atomic mass is 16.2. The number of hydrogen-bond donors (Lipinski definition) is 2. The third-order valence-electron chi connectivity index (χ3n) is 3.84. The number of hydrazone groups is 1. The zero-order valence-electron chi connectivity index (χ0n) is 13.8. The van der Waals surface area contributed by atoms with Crippen LogP contribution < -0.4 is 10.3 Å². The number of carbonyl (C=O) groups is 1. The smallest absolute Gasteiger partial charge is 0.244 e. The number of hydrogen-bond acceptors (Lipinski definition) is 3. The fourth-order valence-corrected chi connectivity index (χ4v) is 2.53. The van der Waals surface area contributed by atoms with E-state index >= 15 is 0 Å². The zero-order valence-corrected chi connectivity index (χ0v) is 13.8. The standard InChI is InChI=1S/C19H20N4O/c1-23(2)16-9-7-14(8-10-16)12-21-22-19(24)11-15-13-20-18-6-4-3-5-17(15)18/h3-10,12-13,20H,11H2,1-2H3,(H,22,24)/b21-12-. The molecule has 0 aliphatic heterocycles. The van der Waals surface area contributed by atoms with Crippen LogP contribution in [0.25, 0.3) is 10.9 Å². The minimum absolute atomic E-state index is 0.138. The zero-order chi connectivity index (χ0) is 16.9. The van der Waals surface area contributed by atoms with Crippen LogP contribution in [0.2, 0.25) is 0 Å². The second-order valence-corrected chi connectivity index (χ2v) is 5.82. The number of aromatic amines is 1. The lowest BCUT2D eigenvalue weighted by atomic mass is 10.1. The number of anilines is 1. The molecule has 2 N–H and O–H groups in total. The van der Waals surface area contributed by atoms with Crippen molar-refractivity contribution in [1.82, 2.24) is 10.4 Å². The van der Waals surface area contributed by atoms with Crippen LogP contribution in [0.4, 0.5) is 5.69 Å². The Bertz CT molecular complexity index is 862. The molecule has 1 heterocycles. The topological polar surface area (TPSA) is 60.5 Å². The van der Waals surface area contributed by atoms with Crippen LogP contribution >= 0.6 is 0 Å². The molecule has 0 spiro atoms. The van der Waals surface area contributed by atoms with Gasteiger partial charge in [-0.2, -0.15) is 5.10 Å². The largest absolute Gasteiger partial charge is 0.378 e. The molecular formula is C19H20N4O. The maximum Gasteiger partial charge on any atom is 0.244 e. The number of nitrogens with one attached hydrogen (secondary N) is 2. The molecule has 0 radical (unpaired) electrons. The molecule has 0 saturated heterocycles. The summed E-state index contributed by atoms with van der Waals surface area (Å²) in [6.45, 7) is 0. The number of benzene rings is 2. The maximum atomic E-state index is 12.0. The predicted molar refractivity (Wildman–Crippen MR) is 98.5 cm³/mol. The van der Waals surface area contributed by atoms with Crippen molar-refractivity contribution in [2.75, 3.05) is 19.0 Å². The predicted octanol–water partition coefficient (Wildman–Crippen LogP) is 2.93. The Balaban J connectivity index is 1.59. The highest BCUT2D eigenvalue weighted by molar-refractivity contribution is 5.89. The summed E-state index contributed by atoms with van der Waals surface area (Å²) in [4.78, 5) is 17.2. The van der Waals surface area contributed by atoms with Gasteiger partial charge in [0.1, 0.15) is 0 Å². The summed E-state index contributed by atoms with van der Waals surface area (Å²) < 4.78 is 0. The molecule has 0 aliphatic rings. The number of nitrogens with zero attached hydrogens (tertiary/aromatic N) is 2. The van der Waals surface area contributed by atoms with Gasteiger partial charge in [0.25, 0.3) is 0 Å². The van der Waals surface area contributed by atoms with E-state index in [4.69, 9.17) is 0 Å². The summed E-state index contributed by atoms with van der Waals surface area (Å²) >= 11 is 0. The van der Waals surface area contributed by atoms with E-state index in [1.54, 1.807) is 6.21 Å². The molecule has 5 nitrogen and oxygen atoms in total. The lowest BCUT2D eigenvalue weighted by Crippen LogP contribution is -2.19. The van der Waals surface area contributed by atoms with Crippen LogP contribution in [0.1, 0.15) is 11.1 Å². The molecular weight excluding hydrogens is 300 g/mol. The van der Waals surface area contributed by atoms with Gasteiger partial charge in [-0.15, -0.1) is 0 Å². The van der Waals surface area contributed by atoms with Gasteiger partial charge in [0.05, 0.1) is 12.6 Å². The second-order valence-electron chi connectivity index (χ2n) is 5.82. The van der Waals surface area contributed by atoms with Crippen molar-refractivity contribution in [1.29, 1.82) is 0 Å². The Hall–Kier alpha value is -3.08. The van der Waals surface area contributed by atoms with Crippen molar-refractivity contribution in [3.63, 3.8) is 0 Å². The first kappa shape index (κ1) is 15.8. The number of rotatable bonds is 5. The minimum atomic E-state index is -0.138. The molecule has 0 fully saturated rings. The van der Waals surface area contributed by atoms with Crippen LogP contribution in [0, 0.1) is 0 Å². The Morgan fingerprint density at radius 3 is 2.67 bits per heavy atom. The third kappa shape index (κ3) is 3.63. The van der Waals surface area contributed by atoms with Gasteiger partial charge in [-0.1, -0.05) is 30.3 Å². The summed E-state index contributed by atoms with van der Waals surface area (Å²) in [7, 11) is 3.99. The van der Waals surface area contributed by atoms with Crippen LogP contribution in [-0.4, -0.2) is 31.2 Å². The monoisotopic (exact) mass is 320 g/mol. The molecule has 122 valence electrons. The van der Waals surface area contributed by atoms with E-state index in [0.29, 0.717) is 6.42 Å². The van der Waals surface area contributed by atoms with Gasteiger partial charge >= 0.3 is 0 Å². The van der Waals surface area contributed by atoms with Crippen molar-refractivity contribution in [2.45, 2.75) is 6.42 Å². The van der Waals surface area contributed by atoms with E-state index in [9.17, 15) is 4.79 Å². The molecule has 3 rings (SSSR count). The number of fused-ring (bicyclic) bond motifs is 1. The van der Waals surface area contributed by atoms with Gasteiger partial charge in [-0.25, -0.2) is 5.43 Å². The highest BCUT2D eigenvalue weighted by Gasteiger charge is 2.07. The summed E-state index contributed by atoms with van der Waals surface area (Å²) in [5.74, 6) is -0.138. The van der Waals surface area contributed by atoms with Crippen LogP contribution in [0.3, 0.4) is 0 Å². The number of aromatic nitrogens is 1. The van der Waals surface area contributed by atoms with E-state index in [0.717, 1.165) is 27.7 Å². The Labute approximate surface area is 141 Å². The van der Waals surface area contributed by atoms with E-state index in [1.165, 1.54) is 0 Å². The first-order valence-electron chi connectivity index (χ1n) is 7.78. The summed E-state index contributed by atoms with van der Waals surface area (Å²) in [5.41, 5.74) is 6.64. The number of amides is 1. The Morgan fingerprint density at radius 1 is 1.17 bits per heavy atom. The van der Waals surface area contributed by atoms with Crippen molar-refractivity contribution >= 4 is 28.7 Å². The highest BCUT2D eigenvalue weighted by Crippen LogP contribution is 2.17. The number of H-pyrrole nitrogens is 1. The van der Waals surface area contributed by atoms with Crippen molar-refractivity contribution in [3.8, 4) is 0 Å². The molecule has 24 heavy (non-hydrogen) atoms. The van der Waals surface area contributed by atoms with Crippen molar-refractivity contribution in [3.05, 3.63) is 65.9 Å². The van der Waals surface area contributed by atoms with Crippen LogP contribution in [0.15, 0.2) is 59.8 Å². The molecule has 5 heteroatoms. The Kier molecular flexibility index (Phi) is 4.61. The fraction of sp³-hybridized carbons (Fsp3) is 0.158. The van der Waals surface area contributed by atoms with Crippen molar-refractivity contribution in [2.24, 2.45) is 5.10 Å². The van der Waals surface area contributed by atoms with Crippen molar-refractivity contribution < 1.29 is 4.79 Å². The molecule has 0 bridgehead atoms. The summed E-state index contributed by atoms with van der Waals surface area (Å²) in [5, 5.41) is 5.09. The molecule has 2 aromatic carbocycles. The van der Waals surface area contributed by atoms with Gasteiger partial charge < -0.3 is 9.88 Å². The molecule has 0 atom stereocenters. The fourth-order valence-electron chi connectivity index (χ4n) is 2.53. The average molecular weight is 320 g/mol. The SMILES string of the molecule is CN(C)c1ccc(/C=N\NC(=O)Cc2c[nH]c3ccccc23)cc1. The summed E-state index contributed by atoms with van der Waals surface area (Å²) in [6.07, 6.45) is 3.81. The van der Waals surface area contributed by atoms with Crippen LogP contribution in [0.5, 0.6) is 0 Å². The molecule has 0 aliphatic carbocycles. The molecule has 3 aromatic rings. The lowest BCUT2D eigenvalue weighted by molar-refractivity contribution is -0.120. The van der Waals surface area contributed by atoms with E-state index in [2.05, 4.69) is 15.5 Å². The normalized spacial score (nSPS) is 11.1. The summed E-state index contributed by atoms with van der Waals surface area (Å²) in [6, 6.07) is 15.9. The number of carbonyl (C=O) groups excluding carboxylic acids is 1. The second kappa shape index (κ2) is 7.00. The third-order valence-corrected chi connectivity index (χ3v) is 3.84. The van der Waals surface area contributed by atoms with Gasteiger partial charge in [-0.3, -0.25) is 4.79 Å². The molecule has 0 unspecified atom stereocenters. The maximum absolute atomic E-state index is 12.0. The Morgan fingerprint density at radius 2 is 1.92 bits per heavy atom. The lowest BCUT2D eigenvalue weighted by Gasteiger charge is -2.11. The quantitative estimate of drug-likeness (QED) is 0.561. The molecule has 1 aromatic heterocycles. The van der Waals surface area contributed by atoms with Gasteiger partial charge in [0.15, 0.2) is 0 Å². The van der Waals surface area contributed by atoms with E-state index in [1.807, 2.05) is 73.7 Å². The van der Waals surface area contributed by atoms with Gasteiger partial charge in [-0.05, 0) is 29.3 Å². The minimum Gasteiger partial charge on any atom is -0.378 e. The van der Waals surface area contributed by atoms with Gasteiger partial charge in [0, 0.05) is 36.9 Å². The molecule has 0 saturated carbocycles. The number of para-hydroxylation sites is 1. The average Bonchev–Trinajstić information content (AvgIpc) is 2.98. The van der Waals surface area contributed by atoms with Gasteiger partial charge in [0.2, 0.25) is 5.91 Å². The van der Waals surface area contributed by atoms with E-state index < -0.39 is 0 Å². The van der Waals surface area contributed by atoms with E-state index in [-0.39, 0.29) is 5.91 Å². The van der Waals surface area contributed by atoms with Crippen LogP contribution in [-0.2, 0) is 11.2 Å². The first-order valence-corrected chi connectivity index (χ1v) is 7.78.